The fraction of sp³-hybridized carbons (Fsp3) is 0.333. The fourth-order valence-electron chi connectivity index (χ4n) is 1.67. The molecule has 0 atom stereocenters. The highest BCUT2D eigenvalue weighted by Crippen LogP contribution is 2.25. The number of benzene rings is 1. The van der Waals surface area contributed by atoms with Crippen LogP contribution in [0.3, 0.4) is 0 Å². The van der Waals surface area contributed by atoms with Gasteiger partial charge in [0.15, 0.2) is 0 Å². The van der Waals surface area contributed by atoms with Crippen LogP contribution in [0, 0.1) is 6.92 Å². The van der Waals surface area contributed by atoms with E-state index in [2.05, 4.69) is 39.0 Å². The maximum absolute atomic E-state index is 5.78. The Balaban J connectivity index is 2.11. The zero-order valence-electron chi connectivity index (χ0n) is 10.6. The molecular formula is C15H18O2. The van der Waals surface area contributed by atoms with Crippen LogP contribution in [0.15, 0.2) is 41.0 Å². The quantitative estimate of drug-likeness (QED) is 0.781. The van der Waals surface area contributed by atoms with Crippen molar-refractivity contribution in [3.8, 4) is 5.75 Å². The molecule has 0 aliphatic rings. The average Bonchev–Trinajstić information content (AvgIpc) is 2.80. The number of furan rings is 1. The van der Waals surface area contributed by atoms with Crippen molar-refractivity contribution in [2.75, 3.05) is 0 Å². The summed E-state index contributed by atoms with van der Waals surface area (Å²) in [5.74, 6) is 2.30. The number of rotatable bonds is 4. The lowest BCUT2D eigenvalue weighted by molar-refractivity contribution is 0.268. The zero-order valence-corrected chi connectivity index (χ0v) is 10.6. The summed E-state index contributed by atoms with van der Waals surface area (Å²) < 4.78 is 11.0. The van der Waals surface area contributed by atoms with Crippen molar-refractivity contribution in [2.24, 2.45) is 0 Å². The van der Waals surface area contributed by atoms with E-state index in [-0.39, 0.29) is 0 Å². The van der Waals surface area contributed by atoms with Crippen molar-refractivity contribution in [1.82, 2.24) is 0 Å². The van der Waals surface area contributed by atoms with Gasteiger partial charge in [0.05, 0.1) is 6.26 Å². The molecule has 90 valence electrons. The smallest absolute Gasteiger partial charge is 0.146 e. The Morgan fingerprint density at radius 3 is 2.71 bits per heavy atom. The molecule has 1 aromatic carbocycles. The number of ether oxygens (including phenoxy) is 1. The highest BCUT2D eigenvalue weighted by atomic mass is 16.5. The lowest BCUT2D eigenvalue weighted by atomic mass is 10.0. The van der Waals surface area contributed by atoms with Gasteiger partial charge in [-0.15, -0.1) is 0 Å². The van der Waals surface area contributed by atoms with Crippen LogP contribution >= 0.6 is 0 Å². The molecular weight excluding hydrogens is 212 g/mol. The molecule has 1 heterocycles. The van der Waals surface area contributed by atoms with Gasteiger partial charge in [-0.2, -0.15) is 0 Å². The largest absolute Gasteiger partial charge is 0.485 e. The third kappa shape index (κ3) is 2.90. The van der Waals surface area contributed by atoms with Gasteiger partial charge in [0.2, 0.25) is 0 Å². The van der Waals surface area contributed by atoms with Crippen LogP contribution in [0.4, 0.5) is 0 Å². The number of hydrogen-bond acceptors (Lipinski definition) is 2. The van der Waals surface area contributed by atoms with E-state index in [0.29, 0.717) is 12.5 Å². The zero-order chi connectivity index (χ0) is 12.3. The van der Waals surface area contributed by atoms with E-state index in [1.807, 2.05) is 12.1 Å². The second-order valence-corrected chi connectivity index (χ2v) is 4.55. The molecule has 2 nitrogen and oxygen atoms in total. The molecule has 1 aromatic heterocycles. The van der Waals surface area contributed by atoms with Gasteiger partial charge in [-0.3, -0.25) is 0 Å². The van der Waals surface area contributed by atoms with Crippen molar-refractivity contribution >= 4 is 0 Å². The lowest BCUT2D eigenvalue weighted by Crippen LogP contribution is -1.97. The first-order chi connectivity index (χ1) is 8.16. The van der Waals surface area contributed by atoms with E-state index in [4.69, 9.17) is 9.15 Å². The summed E-state index contributed by atoms with van der Waals surface area (Å²) in [6.07, 6.45) is 1.66. The molecule has 0 unspecified atom stereocenters. The van der Waals surface area contributed by atoms with Gasteiger partial charge in [0, 0.05) is 0 Å². The Morgan fingerprint density at radius 2 is 2.06 bits per heavy atom. The standard InChI is InChI=1S/C15H18O2/c1-11(2)13-7-6-12(3)15(9-13)17-10-14-5-4-8-16-14/h4-9,11H,10H2,1-3H3. The van der Waals surface area contributed by atoms with Crippen molar-refractivity contribution in [3.63, 3.8) is 0 Å². The normalized spacial score (nSPS) is 10.8. The molecule has 0 amide bonds. The van der Waals surface area contributed by atoms with Gasteiger partial charge >= 0.3 is 0 Å². The SMILES string of the molecule is Cc1ccc(C(C)C)cc1OCc1ccco1. The minimum Gasteiger partial charge on any atom is -0.485 e. The second-order valence-electron chi connectivity index (χ2n) is 4.55. The Bertz CT molecular complexity index is 470. The minimum atomic E-state index is 0.482. The molecule has 0 bridgehead atoms. The van der Waals surface area contributed by atoms with E-state index < -0.39 is 0 Å². The molecule has 0 saturated heterocycles. The summed E-state index contributed by atoms with van der Waals surface area (Å²) in [6.45, 7) is 6.90. The Labute approximate surface area is 102 Å². The van der Waals surface area contributed by atoms with Crippen molar-refractivity contribution in [2.45, 2.75) is 33.3 Å². The summed E-state index contributed by atoms with van der Waals surface area (Å²) in [5.41, 5.74) is 2.45. The van der Waals surface area contributed by atoms with Crippen LogP contribution in [0.2, 0.25) is 0 Å². The first-order valence-corrected chi connectivity index (χ1v) is 5.92. The topological polar surface area (TPSA) is 22.4 Å². The van der Waals surface area contributed by atoms with Crippen molar-refractivity contribution < 1.29 is 9.15 Å². The van der Waals surface area contributed by atoms with Gasteiger partial charge in [-0.1, -0.05) is 26.0 Å². The van der Waals surface area contributed by atoms with Crippen LogP contribution in [-0.2, 0) is 6.61 Å². The van der Waals surface area contributed by atoms with Crippen molar-refractivity contribution in [1.29, 1.82) is 0 Å². The van der Waals surface area contributed by atoms with E-state index >= 15 is 0 Å². The Morgan fingerprint density at radius 1 is 1.24 bits per heavy atom. The maximum atomic E-state index is 5.78. The van der Waals surface area contributed by atoms with Gasteiger partial charge in [-0.05, 0) is 42.2 Å². The summed E-state index contributed by atoms with van der Waals surface area (Å²) in [7, 11) is 0. The summed E-state index contributed by atoms with van der Waals surface area (Å²) in [4.78, 5) is 0. The van der Waals surface area contributed by atoms with Gasteiger partial charge in [0.25, 0.3) is 0 Å². The maximum Gasteiger partial charge on any atom is 0.146 e. The molecule has 0 N–H and O–H groups in total. The molecule has 0 radical (unpaired) electrons. The molecule has 0 aliphatic heterocycles. The molecule has 2 aromatic rings. The summed E-state index contributed by atoms with van der Waals surface area (Å²) >= 11 is 0. The lowest BCUT2D eigenvalue weighted by Gasteiger charge is -2.11. The first-order valence-electron chi connectivity index (χ1n) is 5.92. The van der Waals surface area contributed by atoms with Crippen molar-refractivity contribution in [3.05, 3.63) is 53.5 Å². The first kappa shape index (κ1) is 11.8. The molecule has 0 spiro atoms. The highest BCUT2D eigenvalue weighted by molar-refractivity contribution is 5.37. The van der Waals surface area contributed by atoms with Gasteiger partial charge in [-0.25, -0.2) is 0 Å². The van der Waals surface area contributed by atoms with Crippen LogP contribution in [-0.4, -0.2) is 0 Å². The summed E-state index contributed by atoms with van der Waals surface area (Å²) in [6, 6.07) is 10.2. The minimum absolute atomic E-state index is 0.482. The Kier molecular flexibility index (Phi) is 3.52. The van der Waals surface area contributed by atoms with E-state index in [1.165, 1.54) is 5.56 Å². The molecule has 2 rings (SSSR count). The molecule has 0 aliphatic carbocycles. The van der Waals surface area contributed by atoms with E-state index in [9.17, 15) is 0 Å². The number of aryl methyl sites for hydroxylation is 1. The van der Waals surface area contributed by atoms with Crippen LogP contribution in [0.1, 0.15) is 36.7 Å². The molecule has 0 fully saturated rings. The molecule has 0 saturated carbocycles. The summed E-state index contributed by atoms with van der Waals surface area (Å²) in [5, 5.41) is 0. The second kappa shape index (κ2) is 5.09. The van der Waals surface area contributed by atoms with Crippen LogP contribution in [0.5, 0.6) is 5.75 Å². The van der Waals surface area contributed by atoms with E-state index in [0.717, 1.165) is 17.1 Å². The third-order valence-corrected chi connectivity index (χ3v) is 2.83. The fourth-order valence-corrected chi connectivity index (χ4v) is 1.67. The predicted molar refractivity (Wildman–Crippen MR) is 68.3 cm³/mol. The van der Waals surface area contributed by atoms with Crippen LogP contribution < -0.4 is 4.74 Å². The molecule has 2 heteroatoms. The number of hydrogen-bond donors (Lipinski definition) is 0. The Hall–Kier alpha value is -1.70. The average molecular weight is 230 g/mol. The third-order valence-electron chi connectivity index (χ3n) is 2.83. The molecule has 17 heavy (non-hydrogen) atoms. The van der Waals surface area contributed by atoms with Gasteiger partial charge in [0.1, 0.15) is 18.1 Å². The predicted octanol–water partition coefficient (Wildman–Crippen LogP) is 4.29. The van der Waals surface area contributed by atoms with Gasteiger partial charge < -0.3 is 9.15 Å². The highest BCUT2D eigenvalue weighted by Gasteiger charge is 2.05. The van der Waals surface area contributed by atoms with Crippen LogP contribution in [0.25, 0.3) is 0 Å². The van der Waals surface area contributed by atoms with E-state index in [1.54, 1.807) is 6.26 Å². The monoisotopic (exact) mass is 230 g/mol.